The van der Waals surface area contributed by atoms with Gasteiger partial charge in [0.05, 0.1) is 5.75 Å². The molecule has 9 heteroatoms. The van der Waals surface area contributed by atoms with Crippen LogP contribution in [0.3, 0.4) is 0 Å². The molecule has 1 atom stereocenters. The van der Waals surface area contributed by atoms with E-state index < -0.39 is 11.2 Å². The molecule has 6 rings (SSSR count). The van der Waals surface area contributed by atoms with Crippen LogP contribution in [0, 0.1) is 0 Å². The summed E-state index contributed by atoms with van der Waals surface area (Å²) in [4.78, 5) is 52.4. The number of amides is 1. The van der Waals surface area contributed by atoms with E-state index in [4.69, 9.17) is 4.98 Å². The van der Waals surface area contributed by atoms with E-state index in [1.165, 1.54) is 17.3 Å². The number of benzene rings is 1. The second-order valence-electron chi connectivity index (χ2n) is 9.29. The summed E-state index contributed by atoms with van der Waals surface area (Å²) in [5.41, 5.74) is 1.66. The Balaban J connectivity index is 1.38. The van der Waals surface area contributed by atoms with Gasteiger partial charge in [-0.2, -0.15) is 0 Å². The Morgan fingerprint density at radius 3 is 2.67 bits per heavy atom. The zero-order valence-corrected chi connectivity index (χ0v) is 19.2. The van der Waals surface area contributed by atoms with Crippen molar-refractivity contribution in [3.8, 4) is 0 Å². The molecule has 3 aliphatic rings. The predicted octanol–water partition coefficient (Wildman–Crippen LogP) is 3.15. The normalized spacial score (nSPS) is 20.2. The fraction of sp³-hybridized carbons (Fsp3) is 0.458. The summed E-state index contributed by atoms with van der Waals surface area (Å²) < 4.78 is 1.61. The SMILES string of the molecule is CC1CCc2ccccc2N1C(=O)CSc1nc(C2CC2)nc2c1c(=O)[nH]c(=O)n2C1CC1. The van der Waals surface area contributed by atoms with Gasteiger partial charge in [0.2, 0.25) is 5.91 Å². The fourth-order valence-corrected chi connectivity index (χ4v) is 5.59. The van der Waals surface area contributed by atoms with Crippen LogP contribution in [-0.4, -0.2) is 37.2 Å². The molecule has 3 aromatic rings. The second-order valence-corrected chi connectivity index (χ2v) is 10.3. The van der Waals surface area contributed by atoms with Crippen LogP contribution in [0.2, 0.25) is 0 Å². The molecule has 33 heavy (non-hydrogen) atoms. The summed E-state index contributed by atoms with van der Waals surface area (Å²) in [6.45, 7) is 2.07. The second kappa shape index (κ2) is 7.83. The third kappa shape index (κ3) is 3.68. The number of aromatic amines is 1. The minimum atomic E-state index is -0.485. The van der Waals surface area contributed by atoms with Crippen LogP contribution in [0.1, 0.15) is 62.4 Å². The van der Waals surface area contributed by atoms with E-state index in [2.05, 4.69) is 23.0 Å². The third-order valence-corrected chi connectivity index (χ3v) is 7.71. The van der Waals surface area contributed by atoms with Gasteiger partial charge in [0.1, 0.15) is 16.2 Å². The minimum absolute atomic E-state index is 0.00803. The highest BCUT2D eigenvalue weighted by Crippen LogP contribution is 2.41. The van der Waals surface area contributed by atoms with Crippen LogP contribution in [0.15, 0.2) is 38.9 Å². The maximum Gasteiger partial charge on any atom is 0.330 e. The van der Waals surface area contributed by atoms with Crippen LogP contribution in [0.25, 0.3) is 11.0 Å². The monoisotopic (exact) mass is 463 g/mol. The Labute approximate surface area is 194 Å². The summed E-state index contributed by atoms with van der Waals surface area (Å²) in [6, 6.07) is 8.22. The van der Waals surface area contributed by atoms with Crippen LogP contribution < -0.4 is 16.1 Å². The summed E-state index contributed by atoms with van der Waals surface area (Å²) in [5.74, 6) is 1.09. The molecule has 1 amide bonds. The van der Waals surface area contributed by atoms with E-state index in [1.807, 2.05) is 23.1 Å². The van der Waals surface area contributed by atoms with Gasteiger partial charge in [0, 0.05) is 23.7 Å². The molecule has 1 aliphatic heterocycles. The van der Waals surface area contributed by atoms with E-state index in [0.717, 1.165) is 44.2 Å². The van der Waals surface area contributed by atoms with Crippen molar-refractivity contribution < 1.29 is 4.79 Å². The van der Waals surface area contributed by atoms with Gasteiger partial charge in [-0.25, -0.2) is 14.8 Å². The first kappa shape index (κ1) is 20.7. The van der Waals surface area contributed by atoms with E-state index in [0.29, 0.717) is 21.9 Å². The van der Waals surface area contributed by atoms with Crippen molar-refractivity contribution >= 4 is 34.4 Å². The van der Waals surface area contributed by atoms with Gasteiger partial charge < -0.3 is 4.90 Å². The highest BCUT2D eigenvalue weighted by Gasteiger charge is 2.33. The summed E-state index contributed by atoms with van der Waals surface area (Å²) in [7, 11) is 0. The standard InChI is InChI=1S/C24H25N5O3S/c1-13-6-7-14-4-2-3-5-17(14)28(13)18(30)12-33-23-19-21(25-20(26-23)15-8-9-15)29(16-10-11-16)24(32)27-22(19)31/h2-5,13,15-16H,6-12H2,1H3,(H,27,31,32). The molecule has 2 aromatic heterocycles. The molecule has 8 nitrogen and oxygen atoms in total. The lowest BCUT2D eigenvalue weighted by molar-refractivity contribution is -0.116. The number of hydrogen-bond donors (Lipinski definition) is 1. The summed E-state index contributed by atoms with van der Waals surface area (Å²) in [6.07, 6.45) is 5.70. The molecule has 0 saturated heterocycles. The summed E-state index contributed by atoms with van der Waals surface area (Å²) >= 11 is 1.27. The zero-order valence-electron chi connectivity index (χ0n) is 18.4. The van der Waals surface area contributed by atoms with Crippen molar-refractivity contribution in [2.45, 2.75) is 68.5 Å². The van der Waals surface area contributed by atoms with Gasteiger partial charge in [-0.1, -0.05) is 30.0 Å². The van der Waals surface area contributed by atoms with Crippen molar-refractivity contribution in [3.63, 3.8) is 0 Å². The molecule has 1 aromatic carbocycles. The van der Waals surface area contributed by atoms with Crippen LogP contribution in [0.5, 0.6) is 0 Å². The Morgan fingerprint density at radius 2 is 1.91 bits per heavy atom. The van der Waals surface area contributed by atoms with E-state index in [-0.39, 0.29) is 29.7 Å². The van der Waals surface area contributed by atoms with E-state index in [1.54, 1.807) is 4.57 Å². The topological polar surface area (TPSA) is 101 Å². The molecule has 3 heterocycles. The van der Waals surface area contributed by atoms with Crippen LogP contribution in [0.4, 0.5) is 5.69 Å². The first-order valence-electron chi connectivity index (χ1n) is 11.6. The number of nitrogens with zero attached hydrogens (tertiary/aromatic N) is 4. The zero-order chi connectivity index (χ0) is 22.7. The minimum Gasteiger partial charge on any atom is -0.309 e. The molecule has 170 valence electrons. The van der Waals surface area contributed by atoms with Gasteiger partial charge in [-0.05, 0) is 57.1 Å². The van der Waals surface area contributed by atoms with Crippen molar-refractivity contribution in [2.75, 3.05) is 10.7 Å². The van der Waals surface area contributed by atoms with Gasteiger partial charge in [0.15, 0.2) is 5.65 Å². The third-order valence-electron chi connectivity index (χ3n) is 6.75. The average molecular weight is 464 g/mol. The molecule has 0 bridgehead atoms. The van der Waals surface area contributed by atoms with Gasteiger partial charge in [0.25, 0.3) is 5.56 Å². The summed E-state index contributed by atoms with van der Waals surface area (Å²) in [5, 5.41) is 0.805. The molecule has 2 fully saturated rings. The van der Waals surface area contributed by atoms with Crippen LogP contribution >= 0.6 is 11.8 Å². The average Bonchev–Trinajstić information content (AvgIpc) is 3.70. The van der Waals surface area contributed by atoms with Crippen molar-refractivity contribution in [1.29, 1.82) is 0 Å². The predicted molar refractivity (Wildman–Crippen MR) is 127 cm³/mol. The number of aromatic nitrogens is 4. The van der Waals surface area contributed by atoms with E-state index >= 15 is 0 Å². The highest BCUT2D eigenvalue weighted by atomic mass is 32.2. The number of fused-ring (bicyclic) bond motifs is 2. The van der Waals surface area contributed by atoms with Crippen LogP contribution in [-0.2, 0) is 11.2 Å². The largest absolute Gasteiger partial charge is 0.330 e. The Bertz CT molecular complexity index is 1390. The highest BCUT2D eigenvalue weighted by molar-refractivity contribution is 8.00. The number of aryl methyl sites for hydroxylation is 1. The fourth-order valence-electron chi connectivity index (χ4n) is 4.70. The van der Waals surface area contributed by atoms with Crippen molar-refractivity contribution in [1.82, 2.24) is 19.5 Å². The van der Waals surface area contributed by atoms with Crippen molar-refractivity contribution in [2.24, 2.45) is 0 Å². The maximum atomic E-state index is 13.4. The number of anilines is 1. The lowest BCUT2D eigenvalue weighted by Crippen LogP contribution is -2.43. The Hall–Kier alpha value is -2.94. The Morgan fingerprint density at radius 1 is 1.12 bits per heavy atom. The first-order chi connectivity index (χ1) is 16.0. The lowest BCUT2D eigenvalue weighted by atomic mass is 9.97. The Kier molecular flexibility index (Phi) is 4.90. The molecular weight excluding hydrogens is 438 g/mol. The number of rotatable bonds is 5. The van der Waals surface area contributed by atoms with Crippen molar-refractivity contribution in [3.05, 3.63) is 56.5 Å². The molecule has 1 N–H and O–H groups in total. The molecule has 0 spiro atoms. The number of carbonyl (C=O) groups is 1. The molecule has 2 aliphatic carbocycles. The van der Waals surface area contributed by atoms with Gasteiger partial charge in [-0.15, -0.1) is 0 Å². The number of thioether (sulfide) groups is 1. The number of nitrogens with one attached hydrogen (secondary N) is 1. The first-order valence-corrected chi connectivity index (χ1v) is 12.6. The molecular formula is C24H25N5O3S. The van der Waals surface area contributed by atoms with E-state index in [9.17, 15) is 14.4 Å². The number of para-hydroxylation sites is 1. The number of carbonyl (C=O) groups excluding carboxylic acids is 1. The maximum absolute atomic E-state index is 13.4. The lowest BCUT2D eigenvalue weighted by Gasteiger charge is -2.35. The smallest absolute Gasteiger partial charge is 0.309 e. The van der Waals surface area contributed by atoms with Gasteiger partial charge in [-0.3, -0.25) is 19.1 Å². The quantitative estimate of drug-likeness (QED) is 0.461. The molecule has 2 saturated carbocycles. The van der Waals surface area contributed by atoms with Gasteiger partial charge >= 0.3 is 5.69 Å². The number of H-pyrrole nitrogens is 1. The molecule has 0 radical (unpaired) electrons. The molecule has 1 unspecified atom stereocenters. The number of hydrogen-bond acceptors (Lipinski definition) is 6.